The highest BCUT2D eigenvalue weighted by Gasteiger charge is 2.53. The number of aliphatic hydroxyl groups is 1. The zero-order valence-electron chi connectivity index (χ0n) is 7.24. The van der Waals surface area contributed by atoms with Crippen LogP contribution >= 0.6 is 15.9 Å². The second-order valence-corrected chi connectivity index (χ2v) is 4.49. The monoisotopic (exact) mass is 260 g/mol. The first-order valence-corrected chi connectivity index (χ1v) is 5.00. The van der Waals surface area contributed by atoms with Gasteiger partial charge < -0.3 is 14.6 Å². The van der Waals surface area contributed by atoms with Gasteiger partial charge in [-0.15, -0.1) is 0 Å². The summed E-state index contributed by atoms with van der Waals surface area (Å²) in [6.45, 7) is 0. The molecule has 0 unspecified atom stereocenters. The molecule has 0 aliphatic heterocycles. The maximum atomic E-state index is 11.1. The van der Waals surface area contributed by atoms with Gasteiger partial charge in [-0.25, -0.2) is 0 Å². The van der Waals surface area contributed by atoms with Crippen molar-refractivity contribution in [3.63, 3.8) is 0 Å². The third kappa shape index (κ3) is 1.27. The Balaban J connectivity index is 2.34. The summed E-state index contributed by atoms with van der Waals surface area (Å²) in [6.07, 6.45) is 1.37. The Morgan fingerprint density at radius 2 is 2.29 bits per heavy atom. The molecule has 4 nitrogen and oxygen atoms in total. The Kier molecular flexibility index (Phi) is 2.16. The van der Waals surface area contributed by atoms with Crippen molar-refractivity contribution in [2.24, 2.45) is 0 Å². The van der Waals surface area contributed by atoms with Crippen LogP contribution in [0.25, 0.3) is 0 Å². The lowest BCUT2D eigenvalue weighted by atomic mass is 9.65. The molecular formula is C9H9BrO4. The van der Waals surface area contributed by atoms with Crippen LogP contribution in [0.2, 0.25) is 0 Å². The van der Waals surface area contributed by atoms with Crippen LogP contribution in [0.3, 0.4) is 0 Å². The molecule has 0 atom stereocenters. The lowest BCUT2D eigenvalue weighted by Gasteiger charge is -2.39. The van der Waals surface area contributed by atoms with E-state index >= 15 is 0 Å². The second-order valence-electron chi connectivity index (χ2n) is 3.58. The minimum absolute atomic E-state index is 0.224. The van der Waals surface area contributed by atoms with Gasteiger partial charge in [0.05, 0.1) is 10.6 Å². The van der Waals surface area contributed by atoms with Crippen LogP contribution in [0.4, 0.5) is 0 Å². The topological polar surface area (TPSA) is 70.7 Å². The van der Waals surface area contributed by atoms with Crippen LogP contribution in [0.5, 0.6) is 0 Å². The van der Waals surface area contributed by atoms with Crippen molar-refractivity contribution in [3.8, 4) is 0 Å². The largest absolute Gasteiger partial charge is 0.480 e. The van der Waals surface area contributed by atoms with Crippen molar-refractivity contribution in [3.05, 3.63) is 22.6 Å². The molecule has 1 fully saturated rings. The van der Waals surface area contributed by atoms with E-state index in [-0.39, 0.29) is 12.8 Å². The van der Waals surface area contributed by atoms with Gasteiger partial charge in [0.2, 0.25) is 0 Å². The molecule has 0 saturated heterocycles. The fraction of sp³-hybridized carbons (Fsp3) is 0.444. The van der Waals surface area contributed by atoms with E-state index in [1.54, 1.807) is 6.07 Å². The highest BCUT2D eigenvalue weighted by molar-refractivity contribution is 9.10. The predicted molar refractivity (Wildman–Crippen MR) is 51.0 cm³/mol. The summed E-state index contributed by atoms with van der Waals surface area (Å²) in [5.74, 6) is -0.535. The van der Waals surface area contributed by atoms with Gasteiger partial charge in [-0.3, -0.25) is 4.79 Å². The van der Waals surface area contributed by atoms with E-state index in [0.29, 0.717) is 5.76 Å². The van der Waals surface area contributed by atoms with E-state index in [2.05, 4.69) is 15.9 Å². The van der Waals surface area contributed by atoms with Crippen LogP contribution in [0.15, 0.2) is 21.2 Å². The second kappa shape index (κ2) is 3.10. The first kappa shape index (κ1) is 9.73. The van der Waals surface area contributed by atoms with Crippen LogP contribution in [0.1, 0.15) is 18.6 Å². The van der Waals surface area contributed by atoms with Crippen molar-refractivity contribution >= 4 is 21.9 Å². The molecule has 1 aromatic heterocycles. The predicted octanol–water partition coefficient (Wildman–Crippen LogP) is 1.52. The number of rotatable bonds is 2. The zero-order valence-corrected chi connectivity index (χ0v) is 8.82. The van der Waals surface area contributed by atoms with Gasteiger partial charge in [-0.05, 0) is 34.8 Å². The van der Waals surface area contributed by atoms with E-state index in [4.69, 9.17) is 9.52 Å². The molecule has 1 aliphatic rings. The molecule has 14 heavy (non-hydrogen) atoms. The number of carboxylic acid groups (broad SMARTS) is 1. The maximum absolute atomic E-state index is 11.1. The minimum Gasteiger partial charge on any atom is -0.480 e. The molecule has 1 aliphatic carbocycles. The highest BCUT2D eigenvalue weighted by Crippen LogP contribution is 2.45. The smallest absolute Gasteiger partial charge is 0.317 e. The standard InChI is InChI=1S/C9H9BrO4/c10-5-1-7(14-4-5)9(8(12)13)2-6(11)3-9/h1,4,6,11H,2-3H2,(H,12,13). The van der Waals surface area contributed by atoms with Gasteiger partial charge in [-0.2, -0.15) is 0 Å². The van der Waals surface area contributed by atoms with Crippen LogP contribution in [-0.4, -0.2) is 22.3 Å². The first-order valence-electron chi connectivity index (χ1n) is 4.20. The molecule has 0 radical (unpaired) electrons. The Hall–Kier alpha value is -0.810. The average Bonchev–Trinajstić information content (AvgIpc) is 2.45. The lowest BCUT2D eigenvalue weighted by molar-refractivity contribution is -0.154. The van der Waals surface area contributed by atoms with E-state index < -0.39 is 17.5 Å². The van der Waals surface area contributed by atoms with Gasteiger partial charge >= 0.3 is 5.97 Å². The molecule has 0 amide bonds. The van der Waals surface area contributed by atoms with Gasteiger partial charge in [0.15, 0.2) is 0 Å². The Bertz CT molecular complexity index is 365. The first-order chi connectivity index (χ1) is 6.54. The lowest BCUT2D eigenvalue weighted by Crippen LogP contribution is -2.50. The van der Waals surface area contributed by atoms with Gasteiger partial charge in [-0.1, -0.05) is 0 Å². The Labute approximate surface area is 88.7 Å². The minimum atomic E-state index is -1.02. The molecule has 1 aromatic rings. The third-order valence-electron chi connectivity index (χ3n) is 2.62. The quantitative estimate of drug-likeness (QED) is 0.846. The summed E-state index contributed by atoms with van der Waals surface area (Å²) in [5, 5.41) is 18.3. The molecule has 2 rings (SSSR count). The number of hydrogen-bond donors (Lipinski definition) is 2. The Morgan fingerprint density at radius 3 is 2.64 bits per heavy atom. The molecule has 76 valence electrons. The average molecular weight is 261 g/mol. The number of halogens is 1. The van der Waals surface area contributed by atoms with E-state index in [1.165, 1.54) is 6.26 Å². The van der Waals surface area contributed by atoms with Gasteiger partial charge in [0, 0.05) is 0 Å². The number of carboxylic acids is 1. The molecule has 0 aromatic carbocycles. The molecule has 2 N–H and O–H groups in total. The fourth-order valence-electron chi connectivity index (χ4n) is 1.79. The van der Waals surface area contributed by atoms with Crippen molar-refractivity contribution in [2.75, 3.05) is 0 Å². The molecule has 1 heterocycles. The van der Waals surface area contributed by atoms with Crippen LogP contribution in [-0.2, 0) is 10.2 Å². The number of carbonyl (C=O) groups is 1. The molecule has 0 spiro atoms. The normalized spacial score (nSPS) is 31.1. The maximum Gasteiger partial charge on any atom is 0.317 e. The fourth-order valence-corrected chi connectivity index (χ4v) is 2.09. The molecule has 0 bridgehead atoms. The van der Waals surface area contributed by atoms with E-state index in [1.807, 2.05) is 0 Å². The summed E-state index contributed by atoms with van der Waals surface area (Å²) in [5.41, 5.74) is -1.02. The number of furan rings is 1. The van der Waals surface area contributed by atoms with Gasteiger partial charge in [0.1, 0.15) is 17.4 Å². The molecular weight excluding hydrogens is 252 g/mol. The summed E-state index contributed by atoms with van der Waals surface area (Å²) >= 11 is 3.19. The van der Waals surface area contributed by atoms with Gasteiger partial charge in [0.25, 0.3) is 0 Å². The Morgan fingerprint density at radius 1 is 1.64 bits per heavy atom. The number of aliphatic hydroxyl groups excluding tert-OH is 1. The molecule has 5 heteroatoms. The van der Waals surface area contributed by atoms with Crippen LogP contribution < -0.4 is 0 Å². The summed E-state index contributed by atoms with van der Waals surface area (Å²) in [6, 6.07) is 1.64. The van der Waals surface area contributed by atoms with E-state index in [9.17, 15) is 9.90 Å². The highest BCUT2D eigenvalue weighted by atomic mass is 79.9. The molecule has 1 saturated carbocycles. The van der Waals surface area contributed by atoms with Crippen LogP contribution in [0, 0.1) is 0 Å². The van der Waals surface area contributed by atoms with E-state index in [0.717, 1.165) is 4.47 Å². The van der Waals surface area contributed by atoms with Crippen molar-refractivity contribution in [1.29, 1.82) is 0 Å². The SMILES string of the molecule is O=C(O)C1(c2cc(Br)co2)CC(O)C1. The number of hydrogen-bond acceptors (Lipinski definition) is 3. The summed E-state index contributed by atoms with van der Waals surface area (Å²) < 4.78 is 5.86. The summed E-state index contributed by atoms with van der Waals surface area (Å²) in [7, 11) is 0. The van der Waals surface area contributed by atoms with Crippen molar-refractivity contribution in [1.82, 2.24) is 0 Å². The van der Waals surface area contributed by atoms with Crippen molar-refractivity contribution in [2.45, 2.75) is 24.4 Å². The summed E-state index contributed by atoms with van der Waals surface area (Å²) in [4.78, 5) is 11.1. The number of aliphatic carboxylic acids is 1. The third-order valence-corrected chi connectivity index (χ3v) is 3.03. The zero-order chi connectivity index (χ0) is 10.3. The van der Waals surface area contributed by atoms with Crippen molar-refractivity contribution < 1.29 is 19.4 Å².